The number of hydrogen-bond donors (Lipinski definition) is 1. The van der Waals surface area contributed by atoms with E-state index < -0.39 is 0 Å². The summed E-state index contributed by atoms with van der Waals surface area (Å²) in [6.45, 7) is 4.41. The van der Waals surface area contributed by atoms with Crippen LogP contribution in [0.25, 0.3) is 0 Å². The Kier molecular flexibility index (Phi) is 4.39. The Morgan fingerprint density at radius 1 is 1.22 bits per heavy atom. The Balaban J connectivity index is 2.19. The fourth-order valence-electron chi connectivity index (χ4n) is 3.21. The van der Waals surface area contributed by atoms with Crippen molar-refractivity contribution in [3.63, 3.8) is 0 Å². The van der Waals surface area contributed by atoms with Crippen LogP contribution in [0.15, 0.2) is 18.2 Å². The highest BCUT2D eigenvalue weighted by atomic mass is 19.1. The summed E-state index contributed by atoms with van der Waals surface area (Å²) in [4.78, 5) is 0. The van der Waals surface area contributed by atoms with Crippen LogP contribution in [0.1, 0.15) is 49.8 Å². The lowest BCUT2D eigenvalue weighted by Crippen LogP contribution is -2.29. The molecule has 1 aliphatic carbocycles. The Morgan fingerprint density at radius 3 is 2.50 bits per heavy atom. The van der Waals surface area contributed by atoms with Crippen molar-refractivity contribution in [1.29, 1.82) is 0 Å². The highest BCUT2D eigenvalue weighted by Gasteiger charge is 2.27. The van der Waals surface area contributed by atoms with Gasteiger partial charge in [0.05, 0.1) is 0 Å². The SMILES string of the molecule is CNC(c1cc(F)ccc1C)C1CCC(C)CC1. The predicted octanol–water partition coefficient (Wildman–Crippen LogP) is 4.22. The average molecular weight is 249 g/mol. The molecule has 1 fully saturated rings. The van der Waals surface area contributed by atoms with E-state index in [-0.39, 0.29) is 5.82 Å². The van der Waals surface area contributed by atoms with Gasteiger partial charge in [-0.3, -0.25) is 0 Å². The maximum absolute atomic E-state index is 13.4. The smallest absolute Gasteiger partial charge is 0.123 e. The first-order valence-corrected chi connectivity index (χ1v) is 7.05. The molecule has 1 N–H and O–H groups in total. The average Bonchev–Trinajstić information content (AvgIpc) is 2.37. The summed E-state index contributed by atoms with van der Waals surface area (Å²) in [7, 11) is 1.99. The van der Waals surface area contributed by atoms with Crippen LogP contribution >= 0.6 is 0 Å². The molecule has 1 saturated carbocycles. The molecule has 0 amide bonds. The van der Waals surface area contributed by atoms with Crippen molar-refractivity contribution in [3.8, 4) is 0 Å². The van der Waals surface area contributed by atoms with E-state index in [0.717, 1.165) is 11.5 Å². The van der Waals surface area contributed by atoms with E-state index >= 15 is 0 Å². The van der Waals surface area contributed by atoms with Crippen LogP contribution in [0.3, 0.4) is 0 Å². The quantitative estimate of drug-likeness (QED) is 0.845. The second kappa shape index (κ2) is 5.83. The van der Waals surface area contributed by atoms with E-state index in [0.29, 0.717) is 12.0 Å². The summed E-state index contributed by atoms with van der Waals surface area (Å²) in [5.74, 6) is 1.37. The summed E-state index contributed by atoms with van der Waals surface area (Å²) < 4.78 is 13.4. The van der Waals surface area contributed by atoms with Crippen LogP contribution < -0.4 is 5.32 Å². The molecule has 0 saturated heterocycles. The molecule has 0 aliphatic heterocycles. The van der Waals surface area contributed by atoms with Crippen molar-refractivity contribution in [2.45, 2.75) is 45.6 Å². The fourth-order valence-corrected chi connectivity index (χ4v) is 3.21. The van der Waals surface area contributed by atoms with Gasteiger partial charge in [0.15, 0.2) is 0 Å². The van der Waals surface area contributed by atoms with Crippen LogP contribution in [-0.2, 0) is 0 Å². The molecule has 2 rings (SSSR count). The van der Waals surface area contributed by atoms with E-state index in [2.05, 4.69) is 19.2 Å². The number of rotatable bonds is 3. The molecular weight excluding hydrogens is 225 g/mol. The number of benzene rings is 1. The van der Waals surface area contributed by atoms with Crippen molar-refractivity contribution in [1.82, 2.24) is 5.32 Å². The number of halogens is 1. The van der Waals surface area contributed by atoms with Crippen molar-refractivity contribution in [2.24, 2.45) is 11.8 Å². The molecule has 0 radical (unpaired) electrons. The van der Waals surface area contributed by atoms with Gasteiger partial charge in [-0.05, 0) is 61.9 Å². The largest absolute Gasteiger partial charge is 0.313 e. The second-order valence-electron chi connectivity index (χ2n) is 5.79. The molecule has 1 aromatic rings. The van der Waals surface area contributed by atoms with Gasteiger partial charge in [0.1, 0.15) is 5.82 Å². The van der Waals surface area contributed by atoms with Gasteiger partial charge in [-0.1, -0.05) is 25.8 Å². The maximum Gasteiger partial charge on any atom is 0.123 e. The lowest BCUT2D eigenvalue weighted by atomic mass is 9.76. The van der Waals surface area contributed by atoms with E-state index in [1.807, 2.05) is 13.1 Å². The summed E-state index contributed by atoms with van der Waals surface area (Å²) in [5.41, 5.74) is 2.33. The predicted molar refractivity (Wildman–Crippen MR) is 74.1 cm³/mol. The summed E-state index contributed by atoms with van der Waals surface area (Å²) >= 11 is 0. The molecule has 0 spiro atoms. The Labute approximate surface area is 110 Å². The van der Waals surface area contributed by atoms with E-state index in [1.165, 1.54) is 31.2 Å². The molecule has 2 heteroatoms. The van der Waals surface area contributed by atoms with Gasteiger partial charge in [-0.25, -0.2) is 4.39 Å². The Morgan fingerprint density at radius 2 is 1.89 bits per heavy atom. The summed E-state index contributed by atoms with van der Waals surface area (Å²) in [6.07, 6.45) is 5.11. The standard InChI is InChI=1S/C16H24FN/c1-11-4-7-13(8-5-11)16(18-3)15-10-14(17)9-6-12(15)2/h6,9-11,13,16,18H,4-5,7-8H2,1-3H3. The van der Waals surface area contributed by atoms with Gasteiger partial charge in [-0.15, -0.1) is 0 Å². The molecule has 1 aromatic carbocycles. The third kappa shape index (κ3) is 2.92. The van der Waals surface area contributed by atoms with Crippen molar-refractivity contribution < 1.29 is 4.39 Å². The lowest BCUT2D eigenvalue weighted by Gasteiger charge is -2.33. The normalized spacial score (nSPS) is 26.0. The van der Waals surface area contributed by atoms with Crippen molar-refractivity contribution in [3.05, 3.63) is 35.1 Å². The van der Waals surface area contributed by atoms with Gasteiger partial charge in [-0.2, -0.15) is 0 Å². The molecule has 18 heavy (non-hydrogen) atoms. The molecular formula is C16H24FN. The van der Waals surface area contributed by atoms with E-state index in [4.69, 9.17) is 0 Å². The zero-order valence-corrected chi connectivity index (χ0v) is 11.7. The maximum atomic E-state index is 13.4. The monoisotopic (exact) mass is 249 g/mol. The molecule has 1 unspecified atom stereocenters. The third-order valence-corrected chi connectivity index (χ3v) is 4.42. The first-order chi connectivity index (χ1) is 8.61. The van der Waals surface area contributed by atoms with Gasteiger partial charge in [0.2, 0.25) is 0 Å². The molecule has 0 aromatic heterocycles. The van der Waals surface area contributed by atoms with E-state index in [9.17, 15) is 4.39 Å². The zero-order chi connectivity index (χ0) is 13.1. The van der Waals surface area contributed by atoms with Crippen LogP contribution in [-0.4, -0.2) is 7.05 Å². The molecule has 1 atom stereocenters. The van der Waals surface area contributed by atoms with Crippen LogP contribution in [0.4, 0.5) is 4.39 Å². The van der Waals surface area contributed by atoms with Crippen molar-refractivity contribution >= 4 is 0 Å². The first-order valence-electron chi connectivity index (χ1n) is 7.05. The minimum Gasteiger partial charge on any atom is -0.313 e. The Hall–Kier alpha value is -0.890. The molecule has 0 heterocycles. The number of aryl methyl sites for hydroxylation is 1. The van der Waals surface area contributed by atoms with Crippen LogP contribution in [0.5, 0.6) is 0 Å². The molecule has 100 valence electrons. The van der Waals surface area contributed by atoms with Gasteiger partial charge in [0.25, 0.3) is 0 Å². The third-order valence-electron chi connectivity index (χ3n) is 4.42. The minimum atomic E-state index is -0.125. The highest BCUT2D eigenvalue weighted by molar-refractivity contribution is 5.30. The Bertz CT molecular complexity index is 394. The highest BCUT2D eigenvalue weighted by Crippen LogP contribution is 2.37. The van der Waals surface area contributed by atoms with Crippen LogP contribution in [0, 0.1) is 24.6 Å². The molecule has 1 aliphatic rings. The van der Waals surface area contributed by atoms with Gasteiger partial charge >= 0.3 is 0 Å². The topological polar surface area (TPSA) is 12.0 Å². The first kappa shape index (κ1) is 13.5. The van der Waals surface area contributed by atoms with Gasteiger partial charge < -0.3 is 5.32 Å². The second-order valence-corrected chi connectivity index (χ2v) is 5.79. The molecule has 0 bridgehead atoms. The fraction of sp³-hybridized carbons (Fsp3) is 0.625. The molecule has 1 nitrogen and oxygen atoms in total. The van der Waals surface area contributed by atoms with Crippen molar-refractivity contribution in [2.75, 3.05) is 7.05 Å². The zero-order valence-electron chi connectivity index (χ0n) is 11.7. The van der Waals surface area contributed by atoms with Crippen LogP contribution in [0.2, 0.25) is 0 Å². The van der Waals surface area contributed by atoms with Gasteiger partial charge in [0, 0.05) is 6.04 Å². The number of nitrogens with one attached hydrogen (secondary N) is 1. The summed E-state index contributed by atoms with van der Waals surface area (Å²) in [6, 6.07) is 5.44. The minimum absolute atomic E-state index is 0.125. The summed E-state index contributed by atoms with van der Waals surface area (Å²) in [5, 5.41) is 3.40. The number of hydrogen-bond acceptors (Lipinski definition) is 1. The lowest BCUT2D eigenvalue weighted by molar-refractivity contribution is 0.237. The van der Waals surface area contributed by atoms with E-state index in [1.54, 1.807) is 12.1 Å².